The third-order valence-corrected chi connectivity index (χ3v) is 3.14. The average Bonchev–Trinajstić information content (AvgIpc) is 2.42. The monoisotopic (exact) mass is 337 g/mol. The molecule has 0 aliphatic rings. The lowest BCUT2D eigenvalue weighted by molar-refractivity contribution is -0.386. The van der Waals surface area contributed by atoms with Gasteiger partial charge in [-0.2, -0.15) is 4.98 Å². The van der Waals surface area contributed by atoms with Gasteiger partial charge < -0.3 is 10.1 Å². The lowest BCUT2D eigenvalue weighted by atomic mass is 10.2. The SMILES string of the molecule is CNc1ccc([N+](=O)[O-])c(Oc2cc(Br)ccc2C)n1. The number of benzene rings is 1. The second-order valence-corrected chi connectivity index (χ2v) is 4.96. The Balaban J connectivity index is 2.45. The van der Waals surface area contributed by atoms with Crippen molar-refractivity contribution in [1.29, 1.82) is 0 Å². The van der Waals surface area contributed by atoms with Crippen LogP contribution in [0.2, 0.25) is 0 Å². The molecule has 0 saturated carbocycles. The van der Waals surface area contributed by atoms with Crippen LogP contribution in [0.3, 0.4) is 0 Å². The fourth-order valence-corrected chi connectivity index (χ4v) is 1.91. The quantitative estimate of drug-likeness (QED) is 0.676. The summed E-state index contributed by atoms with van der Waals surface area (Å²) in [4.78, 5) is 14.6. The van der Waals surface area contributed by atoms with E-state index in [0.29, 0.717) is 11.6 Å². The number of halogens is 1. The fourth-order valence-electron chi connectivity index (χ4n) is 1.57. The van der Waals surface area contributed by atoms with E-state index in [0.717, 1.165) is 10.0 Å². The number of anilines is 1. The first-order chi connectivity index (χ1) is 9.51. The second kappa shape index (κ2) is 5.87. The number of hydrogen-bond donors (Lipinski definition) is 1. The number of aromatic nitrogens is 1. The number of aryl methyl sites for hydroxylation is 1. The van der Waals surface area contributed by atoms with E-state index in [1.165, 1.54) is 12.1 Å². The van der Waals surface area contributed by atoms with Crippen molar-refractivity contribution in [2.75, 3.05) is 12.4 Å². The zero-order chi connectivity index (χ0) is 14.7. The number of ether oxygens (including phenoxy) is 1. The van der Waals surface area contributed by atoms with E-state index in [1.54, 1.807) is 13.1 Å². The van der Waals surface area contributed by atoms with Crippen LogP contribution >= 0.6 is 15.9 Å². The second-order valence-electron chi connectivity index (χ2n) is 4.04. The minimum absolute atomic E-state index is 0.0388. The van der Waals surface area contributed by atoms with E-state index in [2.05, 4.69) is 26.2 Å². The Bertz CT molecular complexity index is 661. The first-order valence-electron chi connectivity index (χ1n) is 5.78. The molecule has 20 heavy (non-hydrogen) atoms. The topological polar surface area (TPSA) is 77.3 Å². The average molecular weight is 338 g/mol. The van der Waals surface area contributed by atoms with Gasteiger partial charge in [-0.3, -0.25) is 10.1 Å². The smallest absolute Gasteiger partial charge is 0.331 e. The van der Waals surface area contributed by atoms with Gasteiger partial charge in [-0.1, -0.05) is 22.0 Å². The van der Waals surface area contributed by atoms with Crippen molar-refractivity contribution in [3.8, 4) is 11.6 Å². The van der Waals surface area contributed by atoms with Crippen molar-refractivity contribution >= 4 is 27.4 Å². The fraction of sp³-hybridized carbons (Fsp3) is 0.154. The van der Waals surface area contributed by atoms with Crippen LogP contribution in [0.15, 0.2) is 34.8 Å². The normalized spacial score (nSPS) is 10.2. The van der Waals surface area contributed by atoms with E-state index in [4.69, 9.17) is 4.74 Å². The van der Waals surface area contributed by atoms with Gasteiger partial charge in [0.15, 0.2) is 0 Å². The van der Waals surface area contributed by atoms with Gasteiger partial charge in [0.05, 0.1) is 4.92 Å². The number of nitrogens with zero attached hydrogens (tertiary/aromatic N) is 2. The molecule has 0 fully saturated rings. The molecule has 1 heterocycles. The largest absolute Gasteiger partial charge is 0.433 e. The minimum Gasteiger partial charge on any atom is -0.433 e. The van der Waals surface area contributed by atoms with Crippen molar-refractivity contribution in [1.82, 2.24) is 4.98 Å². The van der Waals surface area contributed by atoms with Crippen molar-refractivity contribution < 1.29 is 9.66 Å². The van der Waals surface area contributed by atoms with E-state index >= 15 is 0 Å². The highest BCUT2D eigenvalue weighted by Crippen LogP contribution is 2.33. The highest BCUT2D eigenvalue weighted by Gasteiger charge is 2.19. The minimum atomic E-state index is -0.519. The molecule has 0 radical (unpaired) electrons. The van der Waals surface area contributed by atoms with Crippen molar-refractivity contribution in [2.24, 2.45) is 0 Å². The molecule has 6 nitrogen and oxygen atoms in total. The number of nitro groups is 1. The summed E-state index contributed by atoms with van der Waals surface area (Å²) in [6, 6.07) is 8.36. The van der Waals surface area contributed by atoms with Gasteiger partial charge in [0.1, 0.15) is 11.6 Å². The maximum absolute atomic E-state index is 11.0. The third-order valence-electron chi connectivity index (χ3n) is 2.65. The Hall–Kier alpha value is -2.15. The lowest BCUT2D eigenvalue weighted by Crippen LogP contribution is -2.00. The maximum atomic E-state index is 11.0. The van der Waals surface area contributed by atoms with E-state index in [-0.39, 0.29) is 11.6 Å². The molecule has 0 amide bonds. The Morgan fingerprint density at radius 1 is 1.35 bits per heavy atom. The predicted molar refractivity (Wildman–Crippen MR) is 79.4 cm³/mol. The van der Waals surface area contributed by atoms with Gasteiger partial charge in [0.2, 0.25) is 0 Å². The molecule has 0 spiro atoms. The molecule has 0 saturated heterocycles. The highest BCUT2D eigenvalue weighted by atomic mass is 79.9. The molecule has 104 valence electrons. The summed E-state index contributed by atoms with van der Waals surface area (Å²) in [6.45, 7) is 1.86. The van der Waals surface area contributed by atoms with Gasteiger partial charge in [-0.05, 0) is 30.7 Å². The molecule has 1 aromatic carbocycles. The summed E-state index contributed by atoms with van der Waals surface area (Å²) >= 11 is 3.34. The molecule has 2 rings (SSSR count). The van der Waals surface area contributed by atoms with Crippen LogP contribution in [-0.2, 0) is 0 Å². The molecular formula is C13H12BrN3O3. The lowest BCUT2D eigenvalue weighted by Gasteiger charge is -2.09. The van der Waals surface area contributed by atoms with Crippen LogP contribution in [0.4, 0.5) is 11.5 Å². The number of rotatable bonds is 4. The molecule has 0 unspecified atom stereocenters. The summed E-state index contributed by atoms with van der Waals surface area (Å²) in [6.07, 6.45) is 0. The maximum Gasteiger partial charge on any atom is 0.331 e. The highest BCUT2D eigenvalue weighted by molar-refractivity contribution is 9.10. The summed E-state index contributed by atoms with van der Waals surface area (Å²) < 4.78 is 6.43. The summed E-state index contributed by atoms with van der Waals surface area (Å²) in [5.74, 6) is 0.976. The van der Waals surface area contributed by atoms with Crippen LogP contribution in [0.5, 0.6) is 11.6 Å². The van der Waals surface area contributed by atoms with Crippen LogP contribution in [-0.4, -0.2) is 17.0 Å². The zero-order valence-corrected chi connectivity index (χ0v) is 12.5. The molecule has 2 aromatic rings. The standard InChI is InChI=1S/C13H12BrN3O3/c1-8-3-4-9(14)7-11(8)20-13-10(17(18)19)5-6-12(15-2)16-13/h3-7H,1-2H3,(H,15,16). The van der Waals surface area contributed by atoms with Crippen LogP contribution in [0, 0.1) is 17.0 Å². The number of pyridine rings is 1. The molecule has 0 aliphatic heterocycles. The number of nitrogens with one attached hydrogen (secondary N) is 1. The molecule has 0 atom stereocenters. The van der Waals surface area contributed by atoms with Gasteiger partial charge >= 0.3 is 11.6 Å². The third kappa shape index (κ3) is 3.05. The Morgan fingerprint density at radius 2 is 2.10 bits per heavy atom. The van der Waals surface area contributed by atoms with Gasteiger partial charge in [-0.25, -0.2) is 0 Å². The first kappa shape index (κ1) is 14.3. The molecule has 0 bridgehead atoms. The molecule has 0 aliphatic carbocycles. The Morgan fingerprint density at radius 3 is 2.75 bits per heavy atom. The zero-order valence-electron chi connectivity index (χ0n) is 10.9. The van der Waals surface area contributed by atoms with E-state index < -0.39 is 4.92 Å². The van der Waals surface area contributed by atoms with Crippen molar-refractivity contribution in [3.05, 3.63) is 50.5 Å². The van der Waals surface area contributed by atoms with Crippen LogP contribution in [0.1, 0.15) is 5.56 Å². The van der Waals surface area contributed by atoms with Gasteiger partial charge in [-0.15, -0.1) is 0 Å². The van der Waals surface area contributed by atoms with Crippen LogP contribution < -0.4 is 10.1 Å². The Labute approximate surface area is 124 Å². The van der Waals surface area contributed by atoms with Crippen molar-refractivity contribution in [3.63, 3.8) is 0 Å². The molecule has 7 heteroatoms. The first-order valence-corrected chi connectivity index (χ1v) is 6.57. The Kier molecular flexibility index (Phi) is 4.19. The van der Waals surface area contributed by atoms with Crippen LogP contribution in [0.25, 0.3) is 0 Å². The van der Waals surface area contributed by atoms with Gasteiger partial charge in [0.25, 0.3) is 0 Å². The van der Waals surface area contributed by atoms with Gasteiger partial charge in [0, 0.05) is 17.6 Å². The summed E-state index contributed by atoms with van der Waals surface area (Å²) in [5.41, 5.74) is 0.683. The molecule has 1 N–H and O–H groups in total. The van der Waals surface area contributed by atoms with E-state index in [9.17, 15) is 10.1 Å². The van der Waals surface area contributed by atoms with Crippen molar-refractivity contribution in [2.45, 2.75) is 6.92 Å². The molecule has 1 aromatic heterocycles. The summed E-state index contributed by atoms with van der Waals surface area (Å²) in [5, 5.41) is 13.8. The number of hydrogen-bond acceptors (Lipinski definition) is 5. The van der Waals surface area contributed by atoms with E-state index in [1.807, 2.05) is 19.1 Å². The predicted octanol–water partition coefficient (Wildman–Crippen LogP) is 3.89. The molecular weight excluding hydrogens is 326 g/mol. The summed E-state index contributed by atoms with van der Waals surface area (Å²) in [7, 11) is 1.68.